The summed E-state index contributed by atoms with van der Waals surface area (Å²) < 4.78 is 30.7. The first-order chi connectivity index (χ1) is 9.20. The van der Waals surface area contributed by atoms with Crippen LogP contribution in [0.15, 0.2) is 24.3 Å². The zero-order valence-corrected chi connectivity index (χ0v) is 11.5. The molecule has 0 amide bonds. The van der Waals surface area contributed by atoms with E-state index in [1.807, 2.05) is 24.3 Å². The van der Waals surface area contributed by atoms with Gasteiger partial charge in [-0.05, 0) is 18.1 Å². The molecular weight excluding hydrogens is 272 g/mol. The maximum atomic E-state index is 12.5. The van der Waals surface area contributed by atoms with Crippen molar-refractivity contribution in [2.75, 3.05) is 32.1 Å². The third-order valence-electron chi connectivity index (χ3n) is 3.36. The molecule has 19 heavy (non-hydrogen) atoms. The molecule has 106 valence electrons. The summed E-state index contributed by atoms with van der Waals surface area (Å²) in [7, 11) is 0. The molecule has 1 aromatic rings. The van der Waals surface area contributed by atoms with Gasteiger partial charge >= 0.3 is 0 Å². The Hall–Kier alpha value is -0.870. The number of rotatable bonds is 6. The normalized spacial score (nSPS) is 18.5. The van der Waals surface area contributed by atoms with Gasteiger partial charge in [-0.15, -0.1) is 11.6 Å². The van der Waals surface area contributed by atoms with E-state index < -0.39 is 6.43 Å². The first-order valence-electron chi connectivity index (χ1n) is 6.49. The third kappa shape index (κ3) is 4.05. The van der Waals surface area contributed by atoms with Crippen LogP contribution in [0.5, 0.6) is 5.75 Å². The lowest BCUT2D eigenvalue weighted by molar-refractivity contribution is 0.0851. The van der Waals surface area contributed by atoms with E-state index in [9.17, 15) is 8.78 Å². The van der Waals surface area contributed by atoms with Crippen LogP contribution in [0.3, 0.4) is 0 Å². The number of para-hydroxylation sites is 1. The third-order valence-corrected chi connectivity index (χ3v) is 3.53. The Bertz CT molecular complexity index is 403. The maximum Gasteiger partial charge on any atom is 0.251 e. The summed E-state index contributed by atoms with van der Waals surface area (Å²) in [6.45, 7) is 1.53. The Morgan fingerprint density at radius 2 is 2.16 bits per heavy atom. The highest BCUT2D eigenvalue weighted by atomic mass is 35.5. The number of ether oxygens (including phenoxy) is 1. The zero-order valence-electron chi connectivity index (χ0n) is 10.7. The smallest absolute Gasteiger partial charge is 0.251 e. The Morgan fingerprint density at radius 1 is 1.37 bits per heavy atom. The van der Waals surface area contributed by atoms with Crippen LogP contribution in [0.25, 0.3) is 0 Å². The number of fused-ring (bicyclic) bond motifs is 1. The van der Waals surface area contributed by atoms with Gasteiger partial charge in [-0.1, -0.05) is 18.2 Å². The average Bonchev–Trinajstić information content (AvgIpc) is 2.39. The summed E-state index contributed by atoms with van der Waals surface area (Å²) in [4.78, 5) is 1.74. The summed E-state index contributed by atoms with van der Waals surface area (Å²) in [5.74, 6) is 1.49. The Balaban J connectivity index is 2.05. The Morgan fingerprint density at radius 3 is 2.89 bits per heavy atom. The highest BCUT2D eigenvalue weighted by molar-refractivity contribution is 6.18. The topological polar surface area (TPSA) is 12.5 Å². The van der Waals surface area contributed by atoms with Crippen LogP contribution in [-0.4, -0.2) is 43.4 Å². The van der Waals surface area contributed by atoms with E-state index in [2.05, 4.69) is 0 Å². The summed E-state index contributed by atoms with van der Waals surface area (Å²) in [5.41, 5.74) is 1.11. The predicted octanol–water partition coefficient (Wildman–Crippen LogP) is 3.36. The van der Waals surface area contributed by atoms with Crippen molar-refractivity contribution in [1.82, 2.24) is 4.90 Å². The Labute approximate surface area is 117 Å². The van der Waals surface area contributed by atoms with Crippen LogP contribution >= 0.6 is 11.6 Å². The molecule has 0 aliphatic carbocycles. The number of nitrogens with zero attached hydrogens (tertiary/aromatic N) is 1. The van der Waals surface area contributed by atoms with Crippen molar-refractivity contribution >= 4 is 11.6 Å². The molecular formula is C14H18ClF2NO. The van der Waals surface area contributed by atoms with Gasteiger partial charge in [-0.2, -0.15) is 0 Å². The monoisotopic (exact) mass is 289 g/mol. The van der Waals surface area contributed by atoms with Gasteiger partial charge in [0, 0.05) is 24.9 Å². The summed E-state index contributed by atoms with van der Waals surface area (Å²) in [6.07, 6.45) is -1.46. The lowest BCUT2D eigenvalue weighted by atomic mass is 9.92. The molecule has 0 bridgehead atoms. The minimum atomic E-state index is -2.32. The van der Waals surface area contributed by atoms with Gasteiger partial charge in [0.1, 0.15) is 5.75 Å². The minimum absolute atomic E-state index is 0.216. The Kier molecular flexibility index (Phi) is 5.40. The molecule has 1 atom stereocenters. The van der Waals surface area contributed by atoms with Gasteiger partial charge in [-0.3, -0.25) is 4.90 Å². The highest BCUT2D eigenvalue weighted by Crippen LogP contribution is 2.33. The summed E-state index contributed by atoms with van der Waals surface area (Å²) in [6, 6.07) is 7.83. The van der Waals surface area contributed by atoms with Crippen LogP contribution in [0.4, 0.5) is 8.78 Å². The molecule has 1 aliphatic rings. The first-order valence-corrected chi connectivity index (χ1v) is 7.02. The molecule has 0 saturated heterocycles. The molecule has 1 aliphatic heterocycles. The number of benzene rings is 1. The zero-order chi connectivity index (χ0) is 13.7. The van der Waals surface area contributed by atoms with Crippen molar-refractivity contribution in [2.24, 2.45) is 0 Å². The molecule has 0 saturated carbocycles. The van der Waals surface area contributed by atoms with Gasteiger partial charge in [0.25, 0.3) is 6.43 Å². The van der Waals surface area contributed by atoms with Crippen LogP contribution in [0.1, 0.15) is 17.9 Å². The number of alkyl halides is 3. The van der Waals surface area contributed by atoms with E-state index in [0.29, 0.717) is 25.6 Å². The fourth-order valence-corrected chi connectivity index (χ4v) is 2.73. The molecule has 0 aromatic heterocycles. The molecule has 0 N–H and O–H groups in total. The molecule has 2 nitrogen and oxygen atoms in total. The fraction of sp³-hybridized carbons (Fsp3) is 0.571. The van der Waals surface area contributed by atoms with E-state index in [1.54, 1.807) is 4.90 Å². The second-order valence-corrected chi connectivity index (χ2v) is 5.09. The van der Waals surface area contributed by atoms with E-state index in [1.165, 1.54) is 0 Å². The van der Waals surface area contributed by atoms with Crippen LogP contribution in [0, 0.1) is 0 Å². The second-order valence-electron chi connectivity index (χ2n) is 4.71. The van der Waals surface area contributed by atoms with Crippen molar-refractivity contribution in [1.29, 1.82) is 0 Å². The molecule has 0 fully saturated rings. The van der Waals surface area contributed by atoms with E-state index >= 15 is 0 Å². The van der Waals surface area contributed by atoms with Gasteiger partial charge in [0.05, 0.1) is 13.2 Å². The number of hydrogen-bond acceptors (Lipinski definition) is 2. The van der Waals surface area contributed by atoms with E-state index in [4.69, 9.17) is 16.3 Å². The fourth-order valence-electron chi connectivity index (χ4n) is 2.49. The van der Waals surface area contributed by atoms with Crippen LogP contribution in [-0.2, 0) is 0 Å². The van der Waals surface area contributed by atoms with E-state index in [0.717, 1.165) is 17.7 Å². The number of halogens is 3. The van der Waals surface area contributed by atoms with Crippen molar-refractivity contribution < 1.29 is 13.5 Å². The highest BCUT2D eigenvalue weighted by Gasteiger charge is 2.24. The van der Waals surface area contributed by atoms with Crippen molar-refractivity contribution in [3.63, 3.8) is 0 Å². The van der Waals surface area contributed by atoms with Gasteiger partial charge in [-0.25, -0.2) is 8.78 Å². The standard InChI is InChI=1S/C14H18ClF2NO/c15-6-7-18(10-14(16)17)9-11-5-8-19-13-4-2-1-3-12(11)13/h1-4,11,14H,5-10H2. The molecule has 0 radical (unpaired) electrons. The molecule has 1 unspecified atom stereocenters. The molecule has 1 aromatic carbocycles. The SMILES string of the molecule is FC(F)CN(CCCl)CC1CCOc2ccccc21. The van der Waals surface area contributed by atoms with E-state index in [-0.39, 0.29) is 12.5 Å². The molecule has 0 spiro atoms. The quantitative estimate of drug-likeness (QED) is 0.745. The van der Waals surface area contributed by atoms with Crippen LogP contribution in [0.2, 0.25) is 0 Å². The lowest BCUT2D eigenvalue weighted by Gasteiger charge is -2.31. The van der Waals surface area contributed by atoms with Crippen molar-refractivity contribution in [2.45, 2.75) is 18.8 Å². The summed E-state index contributed by atoms with van der Waals surface area (Å²) in [5, 5.41) is 0. The van der Waals surface area contributed by atoms with Crippen molar-refractivity contribution in [3.8, 4) is 5.75 Å². The van der Waals surface area contributed by atoms with Gasteiger partial charge in [0.15, 0.2) is 0 Å². The molecule has 5 heteroatoms. The lowest BCUT2D eigenvalue weighted by Crippen LogP contribution is -2.35. The average molecular weight is 290 g/mol. The largest absolute Gasteiger partial charge is 0.493 e. The second kappa shape index (κ2) is 7.06. The van der Waals surface area contributed by atoms with Crippen molar-refractivity contribution in [3.05, 3.63) is 29.8 Å². The summed E-state index contributed by atoms with van der Waals surface area (Å²) >= 11 is 5.69. The van der Waals surface area contributed by atoms with Crippen LogP contribution < -0.4 is 4.74 Å². The maximum absolute atomic E-state index is 12.5. The predicted molar refractivity (Wildman–Crippen MR) is 72.5 cm³/mol. The molecule has 1 heterocycles. The first kappa shape index (κ1) is 14.5. The van der Waals surface area contributed by atoms with Gasteiger partial charge in [0.2, 0.25) is 0 Å². The minimum Gasteiger partial charge on any atom is -0.493 e. The van der Waals surface area contributed by atoms with Gasteiger partial charge < -0.3 is 4.74 Å². The number of hydrogen-bond donors (Lipinski definition) is 0. The molecule has 2 rings (SSSR count).